The number of hydrogen-bond acceptors (Lipinski definition) is 0. The van der Waals surface area contributed by atoms with E-state index in [0.717, 1.165) is 12.8 Å². The van der Waals surface area contributed by atoms with Crippen LogP contribution in [0.2, 0.25) is 0 Å². The summed E-state index contributed by atoms with van der Waals surface area (Å²) in [6, 6.07) is 0. The molecule has 0 saturated heterocycles. The molecular formula is C16H22Ti. The Hall–Kier alpha value is -0.326. The first-order valence-electron chi connectivity index (χ1n) is 6.25. The molecule has 0 heterocycles. The molecule has 0 spiro atoms. The average Bonchev–Trinajstić information content (AvgIpc) is 3.10. The summed E-state index contributed by atoms with van der Waals surface area (Å²) in [4.78, 5) is 0. The van der Waals surface area contributed by atoms with E-state index in [0.29, 0.717) is 0 Å². The van der Waals surface area contributed by atoms with Crippen LogP contribution in [-0.4, -0.2) is 0 Å². The second-order valence-corrected chi connectivity index (χ2v) is 3.93. The van der Waals surface area contributed by atoms with Gasteiger partial charge in [-0.25, -0.2) is 24.3 Å². The number of hydrogen-bond donors (Lipinski definition) is 0. The fraction of sp³-hybridized carbons (Fsp3) is 0.438. The van der Waals surface area contributed by atoms with Crippen LogP contribution in [0.5, 0.6) is 0 Å². The average molecular weight is 262 g/mol. The zero-order valence-corrected chi connectivity index (χ0v) is 12.1. The molecule has 3 rings (SSSR count). The molecule has 0 aromatic heterocycles. The summed E-state index contributed by atoms with van der Waals surface area (Å²) in [5.74, 6) is 0. The van der Waals surface area contributed by atoms with Gasteiger partial charge in [0.2, 0.25) is 0 Å². The van der Waals surface area contributed by atoms with Crippen LogP contribution in [0, 0.1) is 18.6 Å². The van der Waals surface area contributed by atoms with E-state index in [-0.39, 0.29) is 23.1 Å². The molecule has 17 heavy (non-hydrogen) atoms. The van der Waals surface area contributed by atoms with Crippen LogP contribution in [0.4, 0.5) is 0 Å². The summed E-state index contributed by atoms with van der Waals surface area (Å²) >= 11 is 0. The van der Waals surface area contributed by atoms with Crippen molar-refractivity contribution in [3.05, 3.63) is 55.0 Å². The Morgan fingerprint density at radius 1 is 0.824 bits per heavy atom. The van der Waals surface area contributed by atoms with Crippen LogP contribution in [-0.2, 0) is 21.7 Å². The predicted molar refractivity (Wildman–Crippen MR) is 71.6 cm³/mol. The van der Waals surface area contributed by atoms with E-state index in [4.69, 9.17) is 0 Å². The summed E-state index contributed by atoms with van der Waals surface area (Å²) in [6.45, 7) is 0. The van der Waals surface area contributed by atoms with Crippen molar-refractivity contribution < 1.29 is 23.1 Å². The van der Waals surface area contributed by atoms with Crippen LogP contribution >= 0.6 is 0 Å². The first-order valence-corrected chi connectivity index (χ1v) is 6.25. The van der Waals surface area contributed by atoms with Gasteiger partial charge in [-0.15, -0.1) is 12.8 Å². The van der Waals surface area contributed by atoms with Crippen molar-refractivity contribution in [2.45, 2.75) is 44.9 Å². The smallest absolute Gasteiger partial charge is 1.00 e. The van der Waals surface area contributed by atoms with Gasteiger partial charge in [0, 0.05) is 0 Å². The maximum atomic E-state index is 2.99. The molecule has 3 aliphatic rings. The first kappa shape index (κ1) is 16.7. The van der Waals surface area contributed by atoms with Crippen molar-refractivity contribution in [1.82, 2.24) is 0 Å². The molecular weight excluding hydrogens is 240 g/mol. The van der Waals surface area contributed by atoms with Gasteiger partial charge in [-0.05, 0) is 0 Å². The monoisotopic (exact) mass is 262 g/mol. The zero-order valence-electron chi connectivity index (χ0n) is 11.5. The van der Waals surface area contributed by atoms with E-state index in [2.05, 4.69) is 30.7 Å². The summed E-state index contributed by atoms with van der Waals surface area (Å²) in [6.07, 6.45) is 29.5. The van der Waals surface area contributed by atoms with Gasteiger partial charge in [0.05, 0.1) is 0 Å². The maximum absolute atomic E-state index is 2.99. The minimum absolute atomic E-state index is 0. The van der Waals surface area contributed by atoms with E-state index in [1.54, 1.807) is 0 Å². The fourth-order valence-electron chi connectivity index (χ4n) is 1.58. The van der Waals surface area contributed by atoms with Gasteiger partial charge in [0.15, 0.2) is 0 Å². The minimum Gasteiger partial charge on any atom is -1.00 e. The van der Waals surface area contributed by atoms with Gasteiger partial charge in [-0.1, -0.05) is 19.3 Å². The van der Waals surface area contributed by atoms with Gasteiger partial charge in [-0.3, -0.25) is 12.2 Å². The molecule has 0 aromatic carbocycles. The van der Waals surface area contributed by atoms with Gasteiger partial charge in [0.25, 0.3) is 0 Å². The van der Waals surface area contributed by atoms with Gasteiger partial charge >= 0.3 is 21.7 Å². The second kappa shape index (κ2) is 13.7. The molecule has 1 fully saturated rings. The van der Waals surface area contributed by atoms with Crippen LogP contribution in [0.15, 0.2) is 36.5 Å². The topological polar surface area (TPSA) is 0 Å². The Bertz CT molecular complexity index is 207. The van der Waals surface area contributed by atoms with E-state index in [1.165, 1.54) is 32.1 Å². The van der Waals surface area contributed by atoms with Crippen molar-refractivity contribution in [2.24, 2.45) is 0 Å². The molecule has 0 radical (unpaired) electrons. The van der Waals surface area contributed by atoms with Crippen LogP contribution in [0.1, 0.15) is 46.4 Å². The second-order valence-electron chi connectivity index (χ2n) is 3.93. The molecule has 0 amide bonds. The summed E-state index contributed by atoms with van der Waals surface area (Å²) < 4.78 is 0. The molecule has 0 bridgehead atoms. The Labute approximate surface area is 123 Å². The Morgan fingerprint density at radius 3 is 1.47 bits per heavy atom. The summed E-state index contributed by atoms with van der Waals surface area (Å²) in [5.41, 5.74) is 0. The molecule has 0 aromatic rings. The molecule has 1 heteroatoms. The molecule has 0 unspecified atom stereocenters. The normalized spacial score (nSPS) is 18.8. The van der Waals surface area contributed by atoms with E-state index >= 15 is 0 Å². The SMILES string of the molecule is [C-]1=CC=CC1.[C-]1=CC=CC1.[CH-]1CCCCC1.[H-].[Ti+4]. The molecule has 90 valence electrons. The standard InChI is InChI=1S/C6H11.2C5H5.Ti.H/c1-2-4-6-5-3-1;2*1-2-4-5-3-1;;/h1H,2-6H2;2*1-3H,4H2;;/q3*-1;+4;-1. The summed E-state index contributed by atoms with van der Waals surface area (Å²) in [5, 5.41) is 0. The Balaban J connectivity index is 0. The van der Waals surface area contributed by atoms with E-state index in [1.807, 2.05) is 24.3 Å². The third kappa shape index (κ3) is 11.9. The molecule has 0 N–H and O–H groups in total. The van der Waals surface area contributed by atoms with Gasteiger partial charge in [0.1, 0.15) is 0 Å². The van der Waals surface area contributed by atoms with E-state index in [9.17, 15) is 0 Å². The first-order chi connectivity index (χ1) is 8.00. The Morgan fingerprint density at radius 2 is 1.35 bits per heavy atom. The van der Waals surface area contributed by atoms with E-state index < -0.39 is 0 Å². The zero-order chi connectivity index (χ0) is 11.3. The van der Waals surface area contributed by atoms with Crippen molar-refractivity contribution in [3.8, 4) is 0 Å². The minimum atomic E-state index is 0. The molecule has 0 nitrogen and oxygen atoms in total. The van der Waals surface area contributed by atoms with Crippen molar-refractivity contribution in [1.29, 1.82) is 0 Å². The molecule has 3 aliphatic carbocycles. The number of allylic oxidation sites excluding steroid dienone is 8. The van der Waals surface area contributed by atoms with Crippen molar-refractivity contribution >= 4 is 0 Å². The predicted octanol–water partition coefficient (Wildman–Crippen LogP) is 4.88. The van der Waals surface area contributed by atoms with Crippen LogP contribution < -0.4 is 0 Å². The molecule has 0 atom stereocenters. The maximum Gasteiger partial charge on any atom is 4.00 e. The largest absolute Gasteiger partial charge is 4.00 e. The van der Waals surface area contributed by atoms with Crippen LogP contribution in [0.3, 0.4) is 0 Å². The molecule has 1 saturated carbocycles. The molecule has 0 aliphatic heterocycles. The fourth-order valence-corrected chi connectivity index (χ4v) is 1.58. The Kier molecular flexibility index (Phi) is 13.5. The summed E-state index contributed by atoms with van der Waals surface area (Å²) in [7, 11) is 0. The number of rotatable bonds is 0. The van der Waals surface area contributed by atoms with Gasteiger partial charge in [-0.2, -0.15) is 25.0 Å². The van der Waals surface area contributed by atoms with Crippen molar-refractivity contribution in [3.63, 3.8) is 0 Å². The third-order valence-corrected chi connectivity index (χ3v) is 2.49. The van der Waals surface area contributed by atoms with Gasteiger partial charge < -0.3 is 7.85 Å². The van der Waals surface area contributed by atoms with Crippen molar-refractivity contribution in [2.75, 3.05) is 0 Å². The quantitative estimate of drug-likeness (QED) is 0.431. The van der Waals surface area contributed by atoms with Crippen LogP contribution in [0.25, 0.3) is 0 Å². The third-order valence-electron chi connectivity index (χ3n) is 2.49.